The summed E-state index contributed by atoms with van der Waals surface area (Å²) in [6, 6.07) is 17.7. The van der Waals surface area contributed by atoms with Crippen LogP contribution in [0.1, 0.15) is 55.5 Å². The lowest BCUT2D eigenvalue weighted by molar-refractivity contribution is -0.132. The molecule has 1 saturated heterocycles. The Hall–Kier alpha value is -4.22. The summed E-state index contributed by atoms with van der Waals surface area (Å²) in [6.45, 7) is 6.72. The lowest BCUT2D eigenvalue weighted by Gasteiger charge is -2.23. The molecule has 0 radical (unpaired) electrons. The van der Waals surface area contributed by atoms with E-state index in [1.807, 2.05) is 13.0 Å². The number of fused-ring (bicyclic) bond motifs is 1. The van der Waals surface area contributed by atoms with Crippen molar-refractivity contribution in [1.29, 1.82) is 0 Å². The maximum Gasteiger partial charge on any atom is 0.301 e. The first-order chi connectivity index (χ1) is 21.7. The van der Waals surface area contributed by atoms with Crippen LogP contribution in [-0.2, 0) is 21.8 Å². The third-order valence-corrected chi connectivity index (χ3v) is 9.76. The Bertz CT molecular complexity index is 1770. The van der Waals surface area contributed by atoms with E-state index in [0.717, 1.165) is 23.3 Å². The van der Waals surface area contributed by atoms with Crippen LogP contribution in [0.15, 0.2) is 76.6 Å². The van der Waals surface area contributed by atoms with Crippen LogP contribution in [0.2, 0.25) is 0 Å². The second-order valence-corrected chi connectivity index (χ2v) is 13.7. The highest BCUT2D eigenvalue weighted by Crippen LogP contribution is 2.45. The number of aromatic nitrogens is 2. The first-order valence-corrected chi connectivity index (χ1v) is 16.5. The standard InChI is InChI=1S/C34H32FN3O5S2/c1-19(2)13-14-42-26-6-4-5-22(17-26)29-28(30(39)23-9-12-27-24(16-23)15-20(3)43-27)31(40)32(41)38(29)33-36-37-34(45-33)44-18-21-7-10-25(35)11-8-21/h4-12,16-17,19-20,29,39H,13-15,18H2,1-3H3/b30-28+. The topological polar surface area (TPSA) is 102 Å². The van der Waals surface area contributed by atoms with Crippen molar-refractivity contribution in [2.75, 3.05) is 11.5 Å². The van der Waals surface area contributed by atoms with Crippen LogP contribution in [0.4, 0.5) is 9.52 Å². The Kier molecular flexibility index (Phi) is 8.91. The van der Waals surface area contributed by atoms with E-state index in [2.05, 4.69) is 24.0 Å². The van der Waals surface area contributed by atoms with E-state index in [1.54, 1.807) is 48.5 Å². The molecule has 4 aromatic rings. The molecule has 8 nitrogen and oxygen atoms in total. The summed E-state index contributed by atoms with van der Waals surface area (Å²) in [6.07, 6.45) is 1.55. The molecule has 0 saturated carbocycles. The van der Waals surface area contributed by atoms with Gasteiger partial charge in [0.15, 0.2) is 4.34 Å². The Morgan fingerprint density at radius 2 is 1.93 bits per heavy atom. The number of carbonyl (C=O) groups is 2. The van der Waals surface area contributed by atoms with Crippen molar-refractivity contribution < 1.29 is 28.6 Å². The number of ketones is 1. The SMILES string of the molecule is CC(C)CCOc1cccc(C2/C(=C(\O)c3ccc4c(c3)CC(C)O4)C(=O)C(=O)N2c2nnc(SCc3ccc(F)cc3)s2)c1. The number of nitrogens with zero attached hydrogens (tertiary/aromatic N) is 3. The zero-order chi connectivity index (χ0) is 31.7. The van der Waals surface area contributed by atoms with E-state index in [-0.39, 0.29) is 28.4 Å². The number of aliphatic hydroxyl groups is 1. The number of anilines is 1. The van der Waals surface area contributed by atoms with Gasteiger partial charge in [0.25, 0.3) is 5.78 Å². The number of carbonyl (C=O) groups excluding carboxylic acids is 2. The molecule has 1 N–H and O–H groups in total. The predicted molar refractivity (Wildman–Crippen MR) is 172 cm³/mol. The molecule has 0 bridgehead atoms. The molecule has 1 aromatic heterocycles. The summed E-state index contributed by atoms with van der Waals surface area (Å²) in [5, 5.41) is 20.4. The lowest BCUT2D eigenvalue weighted by atomic mass is 9.94. The molecule has 11 heteroatoms. The molecule has 0 aliphatic carbocycles. The van der Waals surface area contributed by atoms with Gasteiger partial charge in [-0.2, -0.15) is 0 Å². The number of rotatable bonds is 10. The molecule has 3 aromatic carbocycles. The third-order valence-electron chi connectivity index (χ3n) is 7.63. The molecule has 45 heavy (non-hydrogen) atoms. The summed E-state index contributed by atoms with van der Waals surface area (Å²) in [5.41, 5.74) is 2.80. The van der Waals surface area contributed by atoms with Gasteiger partial charge < -0.3 is 14.6 Å². The van der Waals surface area contributed by atoms with Crippen LogP contribution in [-0.4, -0.2) is 39.7 Å². The van der Waals surface area contributed by atoms with Gasteiger partial charge in [0.1, 0.15) is 29.2 Å². The van der Waals surface area contributed by atoms with Crippen molar-refractivity contribution in [3.8, 4) is 11.5 Å². The van der Waals surface area contributed by atoms with Gasteiger partial charge >= 0.3 is 5.91 Å². The number of ether oxygens (including phenoxy) is 2. The second-order valence-electron chi connectivity index (χ2n) is 11.5. The minimum absolute atomic E-state index is 0.00828. The molecule has 2 atom stereocenters. The maximum absolute atomic E-state index is 13.7. The summed E-state index contributed by atoms with van der Waals surface area (Å²) in [5.74, 6) is 0.111. The van der Waals surface area contributed by atoms with E-state index in [9.17, 15) is 19.1 Å². The zero-order valence-electron chi connectivity index (χ0n) is 25.0. The summed E-state index contributed by atoms with van der Waals surface area (Å²) in [7, 11) is 0. The van der Waals surface area contributed by atoms with Crippen molar-refractivity contribution in [3.05, 3.63) is 100 Å². The van der Waals surface area contributed by atoms with Gasteiger partial charge in [-0.15, -0.1) is 10.2 Å². The van der Waals surface area contributed by atoms with Gasteiger partial charge in [-0.25, -0.2) is 4.39 Å². The highest BCUT2D eigenvalue weighted by atomic mass is 32.2. The number of hydrogen-bond acceptors (Lipinski definition) is 9. The number of hydrogen-bond donors (Lipinski definition) is 1. The minimum atomic E-state index is -0.968. The summed E-state index contributed by atoms with van der Waals surface area (Å²) in [4.78, 5) is 28.7. The van der Waals surface area contributed by atoms with E-state index < -0.39 is 17.7 Å². The van der Waals surface area contributed by atoms with Crippen LogP contribution >= 0.6 is 23.1 Å². The monoisotopic (exact) mass is 645 g/mol. The fourth-order valence-electron chi connectivity index (χ4n) is 5.34. The highest BCUT2D eigenvalue weighted by Gasteiger charge is 2.48. The van der Waals surface area contributed by atoms with Gasteiger partial charge in [-0.3, -0.25) is 14.5 Å². The quantitative estimate of drug-likeness (QED) is 0.0629. The predicted octanol–water partition coefficient (Wildman–Crippen LogP) is 7.34. The van der Waals surface area contributed by atoms with Crippen LogP contribution in [0.25, 0.3) is 5.76 Å². The van der Waals surface area contributed by atoms with Crippen LogP contribution < -0.4 is 14.4 Å². The third kappa shape index (κ3) is 6.60. The van der Waals surface area contributed by atoms with Gasteiger partial charge in [0.05, 0.1) is 18.2 Å². The van der Waals surface area contributed by atoms with Crippen molar-refractivity contribution in [3.63, 3.8) is 0 Å². The number of benzene rings is 3. The van der Waals surface area contributed by atoms with E-state index in [1.165, 1.54) is 40.1 Å². The van der Waals surface area contributed by atoms with Gasteiger partial charge in [-0.05, 0) is 78.4 Å². The molecule has 3 heterocycles. The van der Waals surface area contributed by atoms with E-state index in [0.29, 0.717) is 45.9 Å². The molecule has 6 rings (SSSR count). The number of Topliss-reactive ketones (excluding diaryl/α,β-unsaturated/α-hetero) is 1. The molecule has 2 unspecified atom stereocenters. The normalized spacial score (nSPS) is 18.8. The lowest BCUT2D eigenvalue weighted by Crippen LogP contribution is -2.29. The number of aliphatic hydroxyl groups excluding tert-OH is 1. The van der Waals surface area contributed by atoms with E-state index in [4.69, 9.17) is 9.47 Å². The summed E-state index contributed by atoms with van der Waals surface area (Å²) < 4.78 is 25.7. The van der Waals surface area contributed by atoms with Crippen LogP contribution in [0, 0.1) is 11.7 Å². The fourth-order valence-corrected chi connectivity index (χ4v) is 7.16. The number of amides is 1. The molecule has 1 amide bonds. The second kappa shape index (κ2) is 13.0. The summed E-state index contributed by atoms with van der Waals surface area (Å²) >= 11 is 2.57. The van der Waals surface area contributed by atoms with Crippen molar-refractivity contribution in [2.24, 2.45) is 5.92 Å². The minimum Gasteiger partial charge on any atom is -0.507 e. The first-order valence-electron chi connectivity index (χ1n) is 14.7. The average molecular weight is 646 g/mol. The first kappa shape index (κ1) is 30.8. The van der Waals surface area contributed by atoms with Crippen LogP contribution in [0.5, 0.6) is 11.5 Å². The molecule has 1 fully saturated rings. The van der Waals surface area contributed by atoms with Crippen LogP contribution in [0.3, 0.4) is 0 Å². The smallest absolute Gasteiger partial charge is 0.301 e. The number of thioether (sulfide) groups is 1. The number of halogens is 1. The Morgan fingerprint density at radius 1 is 1.13 bits per heavy atom. The molecule has 2 aliphatic rings. The highest BCUT2D eigenvalue weighted by molar-refractivity contribution is 8.00. The fraction of sp³-hybridized carbons (Fsp3) is 0.294. The molecule has 2 aliphatic heterocycles. The Labute approximate surface area is 268 Å². The van der Waals surface area contributed by atoms with Gasteiger partial charge in [-0.1, -0.05) is 61.2 Å². The van der Waals surface area contributed by atoms with Crippen molar-refractivity contribution in [2.45, 2.75) is 55.9 Å². The average Bonchev–Trinajstić information content (AvgIpc) is 3.71. The molecule has 0 spiro atoms. The van der Waals surface area contributed by atoms with Crippen molar-refractivity contribution in [1.82, 2.24) is 10.2 Å². The molecule has 232 valence electrons. The van der Waals surface area contributed by atoms with Gasteiger partial charge in [0, 0.05) is 17.7 Å². The van der Waals surface area contributed by atoms with E-state index >= 15 is 0 Å². The molecular weight excluding hydrogens is 614 g/mol. The maximum atomic E-state index is 13.7. The largest absolute Gasteiger partial charge is 0.507 e. The Balaban J connectivity index is 1.37. The van der Waals surface area contributed by atoms with Gasteiger partial charge in [0.2, 0.25) is 5.13 Å². The van der Waals surface area contributed by atoms with Crippen molar-refractivity contribution >= 4 is 45.7 Å². The zero-order valence-corrected chi connectivity index (χ0v) is 26.7. The molecular formula is C34H32FN3O5S2. The Morgan fingerprint density at radius 3 is 2.71 bits per heavy atom.